The molecule has 0 saturated carbocycles. The minimum atomic E-state index is -0.469. The maximum absolute atomic E-state index is 14.1. The van der Waals surface area contributed by atoms with Crippen LogP contribution in [0.2, 0.25) is 5.02 Å². The molecule has 0 aliphatic carbocycles. The van der Waals surface area contributed by atoms with Crippen LogP contribution in [0.25, 0.3) is 17.0 Å². The van der Waals surface area contributed by atoms with Crippen molar-refractivity contribution in [1.29, 1.82) is 0 Å². The van der Waals surface area contributed by atoms with Crippen LogP contribution in [0.15, 0.2) is 42.5 Å². The second-order valence-electron chi connectivity index (χ2n) is 5.63. The van der Waals surface area contributed by atoms with Gasteiger partial charge in [-0.25, -0.2) is 10.2 Å². The molecule has 0 saturated heterocycles. The summed E-state index contributed by atoms with van der Waals surface area (Å²) in [4.78, 5) is 11.3. The number of aliphatic hydroxyl groups excluding tert-OH is 1. The van der Waals surface area contributed by atoms with Crippen molar-refractivity contribution in [1.82, 2.24) is 15.2 Å². The molecular weight excluding hydrogens is 359 g/mol. The van der Waals surface area contributed by atoms with Crippen LogP contribution >= 0.6 is 11.6 Å². The highest BCUT2D eigenvalue weighted by Gasteiger charge is 2.12. The van der Waals surface area contributed by atoms with Crippen molar-refractivity contribution in [3.8, 4) is 0 Å². The van der Waals surface area contributed by atoms with Crippen LogP contribution < -0.4 is 11.3 Å². The van der Waals surface area contributed by atoms with Gasteiger partial charge in [0.2, 0.25) is 0 Å². The molecule has 1 aromatic heterocycles. The normalized spacial score (nSPS) is 11.4. The number of carbonyl (C=O) groups excluding carboxylic acids is 1. The molecule has 0 fully saturated rings. The van der Waals surface area contributed by atoms with E-state index in [0.717, 1.165) is 5.39 Å². The van der Waals surface area contributed by atoms with Gasteiger partial charge in [-0.1, -0.05) is 29.8 Å². The molecule has 0 radical (unpaired) electrons. The van der Waals surface area contributed by atoms with Crippen LogP contribution in [0.5, 0.6) is 0 Å². The summed E-state index contributed by atoms with van der Waals surface area (Å²) in [7, 11) is 0. The number of nitrogens with two attached hydrogens (primary N) is 1. The van der Waals surface area contributed by atoms with E-state index in [9.17, 15) is 14.3 Å². The lowest BCUT2D eigenvalue weighted by molar-refractivity contribution is -0.116. The van der Waals surface area contributed by atoms with Crippen LogP contribution in [-0.2, 0) is 17.9 Å². The van der Waals surface area contributed by atoms with Crippen molar-refractivity contribution < 1.29 is 14.3 Å². The van der Waals surface area contributed by atoms with Crippen LogP contribution in [0.1, 0.15) is 16.8 Å². The highest BCUT2D eigenvalue weighted by molar-refractivity contribution is 6.30. The van der Waals surface area contributed by atoms with Gasteiger partial charge in [-0.15, -0.1) is 0 Å². The quantitative estimate of drug-likeness (QED) is 0.276. The number of amides is 1. The zero-order valence-electron chi connectivity index (χ0n) is 13.6. The number of nitrogens with one attached hydrogen (secondary N) is 1. The van der Waals surface area contributed by atoms with Gasteiger partial charge >= 0.3 is 0 Å². The summed E-state index contributed by atoms with van der Waals surface area (Å²) in [6, 6.07) is 9.78. The first-order valence-electron chi connectivity index (χ1n) is 7.74. The molecule has 0 aliphatic heterocycles. The minimum absolute atomic E-state index is 0.128. The number of nitrogens with zero attached hydrogens (tertiary/aromatic N) is 2. The van der Waals surface area contributed by atoms with E-state index in [1.54, 1.807) is 35.0 Å². The Morgan fingerprint density at radius 1 is 1.35 bits per heavy atom. The number of halogens is 2. The standard InChI is InChI=1S/C18H16ClFN4O2/c19-13-3-2-12(15(20)8-13)9-24-17-7-11(10-25)1-4-14(17)16(23-24)5-6-18(26)22-21/h1-8,25H,9-10,21H2,(H,22,26)/b6-5+. The average molecular weight is 375 g/mol. The van der Waals surface area contributed by atoms with E-state index >= 15 is 0 Å². The largest absolute Gasteiger partial charge is 0.392 e. The third-order valence-corrected chi connectivity index (χ3v) is 4.13. The highest BCUT2D eigenvalue weighted by Crippen LogP contribution is 2.24. The lowest BCUT2D eigenvalue weighted by Crippen LogP contribution is -2.27. The Morgan fingerprint density at radius 2 is 2.15 bits per heavy atom. The van der Waals surface area contributed by atoms with Gasteiger partial charge in [0.15, 0.2) is 0 Å². The SMILES string of the molecule is NNC(=O)/C=C/c1nn(Cc2ccc(Cl)cc2F)c2cc(CO)ccc12. The molecule has 0 unspecified atom stereocenters. The Bertz CT molecular complexity index is 1000. The summed E-state index contributed by atoms with van der Waals surface area (Å²) in [5.41, 5.74) is 4.36. The molecule has 0 atom stereocenters. The molecule has 6 nitrogen and oxygen atoms in total. The number of rotatable bonds is 5. The average Bonchev–Trinajstić information content (AvgIpc) is 2.98. The zero-order chi connectivity index (χ0) is 18.7. The molecule has 1 heterocycles. The molecule has 26 heavy (non-hydrogen) atoms. The van der Waals surface area contributed by atoms with Crippen molar-refractivity contribution in [3.05, 3.63) is 70.1 Å². The number of benzene rings is 2. The van der Waals surface area contributed by atoms with E-state index in [1.807, 2.05) is 5.43 Å². The van der Waals surface area contributed by atoms with E-state index in [-0.39, 0.29) is 13.2 Å². The Kier molecular flexibility index (Phi) is 5.32. The Morgan fingerprint density at radius 3 is 2.85 bits per heavy atom. The van der Waals surface area contributed by atoms with E-state index < -0.39 is 11.7 Å². The van der Waals surface area contributed by atoms with E-state index in [1.165, 1.54) is 18.2 Å². The monoisotopic (exact) mass is 374 g/mol. The molecule has 134 valence electrons. The van der Waals surface area contributed by atoms with Gasteiger partial charge in [0.05, 0.1) is 24.4 Å². The summed E-state index contributed by atoms with van der Waals surface area (Å²) in [6.45, 7) is 0.0441. The maximum Gasteiger partial charge on any atom is 0.257 e. The third-order valence-electron chi connectivity index (χ3n) is 3.90. The Labute approximate surface area is 153 Å². The first kappa shape index (κ1) is 18.1. The van der Waals surface area contributed by atoms with Crippen molar-refractivity contribution in [2.24, 2.45) is 5.84 Å². The zero-order valence-corrected chi connectivity index (χ0v) is 14.4. The first-order valence-corrected chi connectivity index (χ1v) is 8.12. The number of aromatic nitrogens is 2. The van der Waals surface area contributed by atoms with Gasteiger partial charge in [-0.3, -0.25) is 14.9 Å². The highest BCUT2D eigenvalue weighted by atomic mass is 35.5. The maximum atomic E-state index is 14.1. The number of aliphatic hydroxyl groups is 1. The number of hydrogen-bond donors (Lipinski definition) is 3. The van der Waals surface area contributed by atoms with Gasteiger partial charge in [0.25, 0.3) is 5.91 Å². The van der Waals surface area contributed by atoms with E-state index in [2.05, 4.69) is 5.10 Å². The van der Waals surface area contributed by atoms with Gasteiger partial charge in [0.1, 0.15) is 5.82 Å². The smallest absolute Gasteiger partial charge is 0.257 e. The molecule has 4 N–H and O–H groups in total. The molecule has 1 amide bonds. The Balaban J connectivity index is 2.08. The molecule has 0 bridgehead atoms. The number of carbonyl (C=O) groups is 1. The summed E-state index contributed by atoms with van der Waals surface area (Å²) >= 11 is 5.80. The molecular formula is C18H16ClFN4O2. The fourth-order valence-corrected chi connectivity index (χ4v) is 2.76. The van der Waals surface area contributed by atoms with Crippen LogP contribution in [-0.4, -0.2) is 20.8 Å². The lowest BCUT2D eigenvalue weighted by atomic mass is 10.1. The molecule has 2 aromatic carbocycles. The first-order chi connectivity index (χ1) is 12.5. The number of hydrazine groups is 1. The van der Waals surface area contributed by atoms with Crippen LogP contribution in [0.4, 0.5) is 4.39 Å². The summed E-state index contributed by atoms with van der Waals surface area (Å²) in [6.07, 6.45) is 2.78. The lowest BCUT2D eigenvalue weighted by Gasteiger charge is -2.06. The topological polar surface area (TPSA) is 93.2 Å². The Hall–Kier alpha value is -2.74. The fraction of sp³-hybridized carbons (Fsp3) is 0.111. The van der Waals surface area contributed by atoms with Gasteiger partial charge in [-0.2, -0.15) is 5.10 Å². The molecule has 0 spiro atoms. The summed E-state index contributed by atoms with van der Waals surface area (Å²) in [5, 5.41) is 14.9. The fourth-order valence-electron chi connectivity index (χ4n) is 2.60. The number of hydrogen-bond acceptors (Lipinski definition) is 4. The summed E-state index contributed by atoms with van der Waals surface area (Å²) < 4.78 is 15.8. The molecule has 8 heteroatoms. The van der Waals surface area contributed by atoms with Crippen molar-refractivity contribution in [2.45, 2.75) is 13.2 Å². The van der Waals surface area contributed by atoms with Crippen molar-refractivity contribution >= 4 is 34.5 Å². The van der Waals surface area contributed by atoms with Gasteiger partial charge in [0, 0.05) is 22.0 Å². The van der Waals surface area contributed by atoms with Crippen LogP contribution in [0, 0.1) is 5.82 Å². The molecule has 0 aliphatic rings. The number of fused-ring (bicyclic) bond motifs is 1. The van der Waals surface area contributed by atoms with E-state index in [4.69, 9.17) is 17.4 Å². The second kappa shape index (κ2) is 7.65. The molecule has 3 aromatic rings. The van der Waals surface area contributed by atoms with Gasteiger partial charge < -0.3 is 5.11 Å². The van der Waals surface area contributed by atoms with Crippen LogP contribution in [0.3, 0.4) is 0 Å². The summed E-state index contributed by atoms with van der Waals surface area (Å²) in [5.74, 6) is 4.17. The van der Waals surface area contributed by atoms with Crippen molar-refractivity contribution in [3.63, 3.8) is 0 Å². The second-order valence-corrected chi connectivity index (χ2v) is 6.07. The molecule has 3 rings (SSSR count). The third kappa shape index (κ3) is 3.75. The van der Waals surface area contributed by atoms with Crippen molar-refractivity contribution in [2.75, 3.05) is 0 Å². The van der Waals surface area contributed by atoms with Gasteiger partial charge in [-0.05, 0) is 29.8 Å². The predicted molar refractivity (Wildman–Crippen MR) is 97.5 cm³/mol. The predicted octanol–water partition coefficient (Wildman–Crippen LogP) is 2.37. The van der Waals surface area contributed by atoms with E-state index in [0.29, 0.717) is 27.4 Å². The minimum Gasteiger partial charge on any atom is -0.392 e.